The van der Waals surface area contributed by atoms with Crippen molar-refractivity contribution in [3.63, 3.8) is 0 Å². The quantitative estimate of drug-likeness (QED) is 0.280. The first-order valence-electron chi connectivity index (χ1n) is 3.36. The molecule has 0 saturated heterocycles. The van der Waals surface area contributed by atoms with Gasteiger partial charge in [-0.15, -0.1) is 0 Å². The molecule has 0 spiro atoms. The standard InChI is InChI=1S/C7H14N2O/c1-3-4-7(2)5-10-9-6-8/h5-6H,3-4H2,1-2H3,(H2,8,9). The summed E-state index contributed by atoms with van der Waals surface area (Å²) in [5, 5.41) is 3.37. The van der Waals surface area contributed by atoms with Crippen molar-refractivity contribution >= 4 is 6.34 Å². The molecule has 0 aromatic heterocycles. The third-order valence-corrected chi connectivity index (χ3v) is 1.02. The van der Waals surface area contributed by atoms with E-state index in [1.165, 1.54) is 5.57 Å². The van der Waals surface area contributed by atoms with Gasteiger partial charge in [0.2, 0.25) is 0 Å². The molecule has 0 aliphatic carbocycles. The molecular formula is C7H14N2O. The summed E-state index contributed by atoms with van der Waals surface area (Å²) in [7, 11) is 0. The van der Waals surface area contributed by atoms with E-state index in [0.717, 1.165) is 19.2 Å². The summed E-state index contributed by atoms with van der Waals surface area (Å²) in [5.74, 6) is 0. The van der Waals surface area contributed by atoms with Crippen LogP contribution < -0.4 is 5.73 Å². The second-order valence-electron chi connectivity index (χ2n) is 2.07. The molecule has 0 fully saturated rings. The Hall–Kier alpha value is -0.990. The Labute approximate surface area is 61.5 Å². The minimum absolute atomic E-state index is 1.04. The van der Waals surface area contributed by atoms with Crippen LogP contribution in [0.25, 0.3) is 0 Å². The van der Waals surface area contributed by atoms with E-state index < -0.39 is 0 Å². The summed E-state index contributed by atoms with van der Waals surface area (Å²) in [6.07, 6.45) is 4.89. The maximum absolute atomic E-state index is 4.94. The highest BCUT2D eigenvalue weighted by Crippen LogP contribution is 2.02. The minimum Gasteiger partial charge on any atom is -0.387 e. The molecule has 0 aromatic rings. The van der Waals surface area contributed by atoms with Crippen LogP contribution in [0.5, 0.6) is 0 Å². The largest absolute Gasteiger partial charge is 0.387 e. The Morgan fingerprint density at radius 2 is 2.40 bits per heavy atom. The molecule has 0 radical (unpaired) electrons. The van der Waals surface area contributed by atoms with Gasteiger partial charge in [0.15, 0.2) is 0 Å². The zero-order chi connectivity index (χ0) is 7.82. The van der Waals surface area contributed by atoms with Crippen LogP contribution in [-0.4, -0.2) is 6.34 Å². The summed E-state index contributed by atoms with van der Waals surface area (Å²) in [4.78, 5) is 4.68. The first-order chi connectivity index (χ1) is 4.81. The van der Waals surface area contributed by atoms with Crippen LogP contribution in [0.4, 0.5) is 0 Å². The van der Waals surface area contributed by atoms with Crippen molar-refractivity contribution in [2.45, 2.75) is 26.7 Å². The number of oxime groups is 1. The number of nitrogens with zero attached hydrogens (tertiary/aromatic N) is 1. The lowest BCUT2D eigenvalue weighted by atomic mass is 10.2. The van der Waals surface area contributed by atoms with E-state index in [4.69, 9.17) is 5.73 Å². The number of allylic oxidation sites excluding steroid dienone is 1. The summed E-state index contributed by atoms with van der Waals surface area (Å²) in [6.45, 7) is 4.11. The lowest BCUT2D eigenvalue weighted by molar-refractivity contribution is 0.265. The fraction of sp³-hybridized carbons (Fsp3) is 0.571. The number of nitrogens with two attached hydrogens (primary N) is 1. The molecule has 0 aromatic carbocycles. The SMILES string of the molecule is CCCC(C)=CON=CN. The molecule has 0 aliphatic rings. The lowest BCUT2D eigenvalue weighted by Gasteiger charge is -1.94. The third-order valence-electron chi connectivity index (χ3n) is 1.02. The van der Waals surface area contributed by atoms with Gasteiger partial charge in [-0.1, -0.05) is 18.5 Å². The van der Waals surface area contributed by atoms with E-state index in [1.54, 1.807) is 6.26 Å². The van der Waals surface area contributed by atoms with Crippen LogP contribution in [0.1, 0.15) is 26.7 Å². The van der Waals surface area contributed by atoms with Gasteiger partial charge in [-0.05, 0) is 18.9 Å². The van der Waals surface area contributed by atoms with E-state index >= 15 is 0 Å². The molecule has 3 heteroatoms. The van der Waals surface area contributed by atoms with Crippen LogP contribution in [0.2, 0.25) is 0 Å². The summed E-state index contributed by atoms with van der Waals surface area (Å²) in [5.41, 5.74) is 6.12. The van der Waals surface area contributed by atoms with Crippen molar-refractivity contribution in [1.29, 1.82) is 0 Å². The van der Waals surface area contributed by atoms with Gasteiger partial charge in [0.05, 0.1) is 0 Å². The monoisotopic (exact) mass is 142 g/mol. The molecule has 0 rings (SSSR count). The van der Waals surface area contributed by atoms with Gasteiger partial charge in [-0.25, -0.2) is 0 Å². The highest BCUT2D eigenvalue weighted by molar-refractivity contribution is 5.50. The zero-order valence-electron chi connectivity index (χ0n) is 6.50. The van der Waals surface area contributed by atoms with Gasteiger partial charge in [-0.3, -0.25) is 0 Å². The Bertz CT molecular complexity index is 130. The second kappa shape index (κ2) is 6.13. The van der Waals surface area contributed by atoms with Gasteiger partial charge < -0.3 is 10.6 Å². The molecule has 0 heterocycles. The van der Waals surface area contributed by atoms with Crippen LogP contribution in [0.3, 0.4) is 0 Å². The smallest absolute Gasteiger partial charge is 0.126 e. The van der Waals surface area contributed by atoms with Gasteiger partial charge in [0, 0.05) is 0 Å². The molecule has 0 unspecified atom stereocenters. The Balaban J connectivity index is 3.47. The van der Waals surface area contributed by atoms with Crippen molar-refractivity contribution in [2.24, 2.45) is 10.9 Å². The Morgan fingerprint density at radius 1 is 1.70 bits per heavy atom. The van der Waals surface area contributed by atoms with E-state index in [0.29, 0.717) is 0 Å². The minimum atomic E-state index is 1.04. The van der Waals surface area contributed by atoms with Crippen molar-refractivity contribution in [2.75, 3.05) is 0 Å². The number of hydrogen-bond acceptors (Lipinski definition) is 2. The number of rotatable bonds is 4. The van der Waals surface area contributed by atoms with Gasteiger partial charge in [0.1, 0.15) is 12.6 Å². The van der Waals surface area contributed by atoms with E-state index in [-0.39, 0.29) is 0 Å². The van der Waals surface area contributed by atoms with Gasteiger partial charge in [0.25, 0.3) is 0 Å². The lowest BCUT2D eigenvalue weighted by Crippen LogP contribution is -1.88. The zero-order valence-corrected chi connectivity index (χ0v) is 6.50. The maximum atomic E-state index is 4.94. The van der Waals surface area contributed by atoms with Crippen LogP contribution >= 0.6 is 0 Å². The maximum Gasteiger partial charge on any atom is 0.126 e. The number of hydrogen-bond donors (Lipinski definition) is 1. The highest BCUT2D eigenvalue weighted by Gasteiger charge is 1.85. The van der Waals surface area contributed by atoms with Crippen LogP contribution in [0, 0.1) is 0 Å². The first kappa shape index (κ1) is 9.01. The molecule has 3 nitrogen and oxygen atoms in total. The average Bonchev–Trinajstić information content (AvgIpc) is 1.89. The average molecular weight is 142 g/mol. The summed E-state index contributed by atoms with van der Waals surface area (Å²) in [6, 6.07) is 0. The van der Waals surface area contributed by atoms with Crippen molar-refractivity contribution in [3.8, 4) is 0 Å². The molecule has 2 N–H and O–H groups in total. The molecule has 58 valence electrons. The van der Waals surface area contributed by atoms with Crippen LogP contribution in [0.15, 0.2) is 17.0 Å². The van der Waals surface area contributed by atoms with Crippen molar-refractivity contribution < 1.29 is 4.84 Å². The van der Waals surface area contributed by atoms with E-state index in [9.17, 15) is 0 Å². The molecule has 10 heavy (non-hydrogen) atoms. The van der Waals surface area contributed by atoms with Crippen LogP contribution in [-0.2, 0) is 4.84 Å². The molecule has 0 amide bonds. The fourth-order valence-electron chi connectivity index (χ4n) is 0.609. The normalized spacial score (nSPS) is 12.4. The van der Waals surface area contributed by atoms with E-state index in [2.05, 4.69) is 16.9 Å². The van der Waals surface area contributed by atoms with Crippen molar-refractivity contribution in [1.82, 2.24) is 0 Å². The topological polar surface area (TPSA) is 47.6 Å². The highest BCUT2D eigenvalue weighted by atomic mass is 16.6. The van der Waals surface area contributed by atoms with E-state index in [1.807, 2.05) is 6.92 Å². The second-order valence-corrected chi connectivity index (χ2v) is 2.07. The molecule has 0 aliphatic heterocycles. The van der Waals surface area contributed by atoms with Gasteiger partial charge in [-0.2, -0.15) is 0 Å². The molecule has 0 bridgehead atoms. The third kappa shape index (κ3) is 5.15. The Morgan fingerprint density at radius 3 is 2.90 bits per heavy atom. The molecule has 0 saturated carbocycles. The predicted octanol–water partition coefficient (Wildman–Crippen LogP) is 1.61. The van der Waals surface area contributed by atoms with Crippen molar-refractivity contribution in [3.05, 3.63) is 11.8 Å². The summed E-state index contributed by atoms with van der Waals surface area (Å²) < 4.78 is 0. The van der Waals surface area contributed by atoms with Gasteiger partial charge >= 0.3 is 0 Å². The first-order valence-corrected chi connectivity index (χ1v) is 3.36. The fourth-order valence-corrected chi connectivity index (χ4v) is 0.609. The Kier molecular flexibility index (Phi) is 5.53. The summed E-state index contributed by atoms with van der Waals surface area (Å²) >= 11 is 0. The molecule has 0 atom stereocenters. The molecular weight excluding hydrogens is 128 g/mol. The predicted molar refractivity (Wildman–Crippen MR) is 42.4 cm³/mol.